The Morgan fingerprint density at radius 3 is 3.17 bits per heavy atom. The molecule has 1 N–H and O–H groups in total. The van der Waals surface area contributed by atoms with Crippen LogP contribution in [0.2, 0.25) is 5.02 Å². The predicted molar refractivity (Wildman–Crippen MR) is 110 cm³/mol. The summed E-state index contributed by atoms with van der Waals surface area (Å²) in [5, 5.41) is 3.31. The molecule has 0 aliphatic carbocycles. The molecule has 0 saturated carbocycles. The maximum absolute atomic E-state index is 15.0. The second-order valence-electron chi connectivity index (χ2n) is 7.86. The summed E-state index contributed by atoms with van der Waals surface area (Å²) in [6, 6.07) is 0. The average molecular weight is 490 g/mol. The van der Waals surface area contributed by atoms with Gasteiger partial charge in [0.25, 0.3) is 0 Å². The topological polar surface area (TPSA) is 49.3 Å². The lowest BCUT2D eigenvalue weighted by Gasteiger charge is -2.31. The molecule has 29 heavy (non-hydrogen) atoms. The summed E-state index contributed by atoms with van der Waals surface area (Å²) in [5.74, 6) is 0.0446. The van der Waals surface area contributed by atoms with E-state index in [9.17, 15) is 4.39 Å². The summed E-state index contributed by atoms with van der Waals surface area (Å²) in [5.41, 5.74) is 0.677. The Bertz CT molecular complexity index is 944. The van der Waals surface area contributed by atoms with Crippen LogP contribution >= 0.6 is 27.5 Å². The van der Waals surface area contributed by atoms with E-state index >= 15 is 4.39 Å². The van der Waals surface area contributed by atoms with E-state index in [0.717, 1.165) is 19.4 Å². The second kappa shape index (κ2) is 6.99. The summed E-state index contributed by atoms with van der Waals surface area (Å²) in [4.78, 5) is 8.33. The summed E-state index contributed by atoms with van der Waals surface area (Å²) in [6.07, 6.45) is 3.13. The van der Waals surface area contributed by atoms with Crippen molar-refractivity contribution in [3.63, 3.8) is 0 Å². The Labute approximate surface area is 180 Å². The van der Waals surface area contributed by atoms with Gasteiger partial charge in [-0.15, -0.1) is 0 Å². The molecule has 0 amide bonds. The van der Waals surface area contributed by atoms with E-state index in [1.165, 1.54) is 0 Å². The summed E-state index contributed by atoms with van der Waals surface area (Å²) >= 11 is 9.53. The third-order valence-electron chi connectivity index (χ3n) is 6.07. The van der Waals surface area contributed by atoms with Crippen LogP contribution in [0.1, 0.15) is 24.8 Å². The summed E-state index contributed by atoms with van der Waals surface area (Å²) in [6.45, 7) is 1.91. The number of benzene rings is 1. The number of hydrogen-bond acceptors (Lipinski definition) is 6. The lowest BCUT2D eigenvalue weighted by molar-refractivity contribution is 0.0264. The standard InChI is InChI=1S/C19H20BrClF2N4O2/c1-26-7-11(28-8-19-3-2-4-27(19)6-10(22)5-19)29-17-12-16(24-9-25-18(12)26)14(21)13(20)15(17)23/h7,10,24H,2-6,8-9H2,1H3/t10-,19+/m1/s1. The fraction of sp³-hybridized carbons (Fsp3) is 0.526. The number of rotatable bonds is 3. The normalized spacial score (nSPS) is 28.0. The number of nitrogens with zero attached hydrogens (tertiary/aromatic N) is 3. The molecule has 0 radical (unpaired) electrons. The number of aliphatic imine (C=N–C) groups is 1. The van der Waals surface area contributed by atoms with E-state index in [4.69, 9.17) is 21.1 Å². The van der Waals surface area contributed by atoms with Crippen LogP contribution in [0.3, 0.4) is 0 Å². The third kappa shape index (κ3) is 3.00. The van der Waals surface area contributed by atoms with Crippen molar-refractivity contribution in [1.29, 1.82) is 0 Å². The molecule has 2 saturated heterocycles. The maximum atomic E-state index is 15.0. The van der Waals surface area contributed by atoms with Crippen LogP contribution in [0, 0.1) is 5.82 Å². The van der Waals surface area contributed by atoms with Gasteiger partial charge in [-0.3, -0.25) is 4.90 Å². The van der Waals surface area contributed by atoms with Crippen molar-refractivity contribution in [2.75, 3.05) is 38.7 Å². The number of amidine groups is 1. The monoisotopic (exact) mass is 488 g/mol. The van der Waals surface area contributed by atoms with E-state index < -0.39 is 12.0 Å². The van der Waals surface area contributed by atoms with Crippen LogP contribution in [-0.4, -0.2) is 60.8 Å². The first-order chi connectivity index (χ1) is 13.9. The Kier molecular flexibility index (Phi) is 4.67. The van der Waals surface area contributed by atoms with Gasteiger partial charge in [0.2, 0.25) is 0 Å². The van der Waals surface area contributed by atoms with Crippen molar-refractivity contribution < 1.29 is 18.3 Å². The van der Waals surface area contributed by atoms with Crippen LogP contribution in [0.5, 0.6) is 5.75 Å². The minimum Gasteiger partial charge on any atom is -0.462 e. The Balaban J connectivity index is 1.48. The van der Waals surface area contributed by atoms with Gasteiger partial charge in [-0.05, 0) is 35.3 Å². The van der Waals surface area contributed by atoms with Crippen molar-refractivity contribution in [3.8, 4) is 5.75 Å². The molecule has 1 aromatic rings. The molecule has 2 fully saturated rings. The lowest BCUT2D eigenvalue weighted by Crippen LogP contribution is -2.42. The molecule has 2 atom stereocenters. The number of halogens is 4. The number of ether oxygens (including phenoxy) is 2. The molecule has 156 valence electrons. The van der Waals surface area contributed by atoms with Gasteiger partial charge in [0, 0.05) is 20.0 Å². The van der Waals surface area contributed by atoms with Crippen molar-refractivity contribution in [3.05, 3.63) is 33.0 Å². The first kappa shape index (κ1) is 19.4. The van der Waals surface area contributed by atoms with Crippen molar-refractivity contribution in [1.82, 2.24) is 9.80 Å². The number of nitrogens with one attached hydrogen (secondary N) is 1. The molecule has 5 rings (SSSR count). The highest BCUT2D eigenvalue weighted by atomic mass is 79.9. The zero-order valence-electron chi connectivity index (χ0n) is 15.8. The fourth-order valence-corrected chi connectivity index (χ4v) is 5.36. The van der Waals surface area contributed by atoms with E-state index in [-0.39, 0.29) is 33.3 Å². The van der Waals surface area contributed by atoms with Crippen LogP contribution in [-0.2, 0) is 4.74 Å². The van der Waals surface area contributed by atoms with E-state index in [2.05, 4.69) is 31.1 Å². The molecular weight excluding hydrogens is 470 g/mol. The Morgan fingerprint density at radius 2 is 2.34 bits per heavy atom. The highest BCUT2D eigenvalue weighted by Gasteiger charge is 2.49. The molecule has 0 aromatic heterocycles. The van der Waals surface area contributed by atoms with Gasteiger partial charge in [-0.25, -0.2) is 13.8 Å². The van der Waals surface area contributed by atoms with Gasteiger partial charge in [0.05, 0.1) is 32.5 Å². The van der Waals surface area contributed by atoms with Crippen LogP contribution in [0.15, 0.2) is 21.6 Å². The van der Waals surface area contributed by atoms with Gasteiger partial charge in [-0.1, -0.05) is 11.6 Å². The van der Waals surface area contributed by atoms with Crippen LogP contribution < -0.4 is 10.1 Å². The van der Waals surface area contributed by atoms with Crippen molar-refractivity contribution in [2.45, 2.75) is 31.0 Å². The maximum Gasteiger partial charge on any atom is 0.302 e. The number of alkyl halides is 1. The third-order valence-corrected chi connectivity index (χ3v) is 7.42. The van der Waals surface area contributed by atoms with Crippen molar-refractivity contribution in [2.24, 2.45) is 4.99 Å². The minimum atomic E-state index is -0.844. The fourth-order valence-electron chi connectivity index (χ4n) is 4.74. The van der Waals surface area contributed by atoms with E-state index in [1.54, 1.807) is 18.1 Å². The summed E-state index contributed by atoms with van der Waals surface area (Å²) < 4.78 is 41.1. The Hall–Kier alpha value is -1.58. The number of hydrogen-bond donors (Lipinski definition) is 1. The molecule has 10 heteroatoms. The SMILES string of the molecule is CN1C=C(OC[C@@]23CCCN2C[C@H](F)C3)Oc2c(F)c(Br)c(Cl)c3c2C1=NCN3. The molecule has 1 aromatic carbocycles. The first-order valence-corrected chi connectivity index (χ1v) is 10.7. The molecule has 4 heterocycles. The largest absolute Gasteiger partial charge is 0.462 e. The van der Waals surface area contributed by atoms with Crippen LogP contribution in [0.25, 0.3) is 0 Å². The van der Waals surface area contributed by atoms with Gasteiger partial charge in [-0.2, -0.15) is 0 Å². The Morgan fingerprint density at radius 1 is 1.52 bits per heavy atom. The number of anilines is 1. The van der Waals surface area contributed by atoms with E-state index in [0.29, 0.717) is 36.7 Å². The molecule has 0 bridgehead atoms. The molecule has 6 nitrogen and oxygen atoms in total. The molecule has 4 aliphatic heterocycles. The minimum absolute atomic E-state index is 0.00612. The molecular formula is C19H20BrClF2N4O2. The average Bonchev–Trinajstić information content (AvgIpc) is 3.17. The first-order valence-electron chi connectivity index (χ1n) is 9.53. The van der Waals surface area contributed by atoms with Crippen LogP contribution in [0.4, 0.5) is 14.5 Å². The smallest absolute Gasteiger partial charge is 0.302 e. The van der Waals surface area contributed by atoms with Gasteiger partial charge < -0.3 is 19.7 Å². The van der Waals surface area contributed by atoms with Gasteiger partial charge in [0.15, 0.2) is 11.6 Å². The molecule has 0 unspecified atom stereocenters. The highest BCUT2D eigenvalue weighted by Crippen LogP contribution is 2.46. The van der Waals surface area contributed by atoms with Gasteiger partial charge >= 0.3 is 5.95 Å². The zero-order chi connectivity index (χ0) is 20.3. The molecule has 4 aliphatic rings. The summed E-state index contributed by atoms with van der Waals surface area (Å²) in [7, 11) is 1.79. The van der Waals surface area contributed by atoms with E-state index in [1.807, 2.05) is 0 Å². The second-order valence-corrected chi connectivity index (χ2v) is 9.03. The molecule has 0 spiro atoms. The lowest BCUT2D eigenvalue weighted by atomic mass is 9.95. The zero-order valence-corrected chi connectivity index (χ0v) is 18.1. The quantitative estimate of drug-likeness (QED) is 0.648. The van der Waals surface area contributed by atoms with Crippen molar-refractivity contribution >= 4 is 39.1 Å². The van der Waals surface area contributed by atoms with Gasteiger partial charge in [0.1, 0.15) is 25.3 Å². The predicted octanol–water partition coefficient (Wildman–Crippen LogP) is 4.09. The number of fused-ring (bicyclic) bond motifs is 1. The highest BCUT2D eigenvalue weighted by molar-refractivity contribution is 9.10.